The summed E-state index contributed by atoms with van der Waals surface area (Å²) in [6.45, 7) is 0. The largest absolute Gasteiger partial charge is 0.319 e. The zero-order chi connectivity index (χ0) is 22.2. The average molecular weight is 544 g/mol. The fraction of sp³-hybridized carbons (Fsp3) is 0.0435. The lowest BCUT2D eigenvalue weighted by Gasteiger charge is -2.31. The lowest BCUT2D eigenvalue weighted by atomic mass is 10.0. The minimum Gasteiger partial charge on any atom is -0.319 e. The minimum atomic E-state index is -3.96. The number of amides is 1. The van der Waals surface area contributed by atoms with Crippen LogP contribution >= 0.6 is 22.6 Å². The number of carbonyl (C=O) groups excluding carboxylic acids is 2. The highest BCUT2D eigenvalue weighted by Crippen LogP contribution is 2.36. The molecule has 0 aliphatic carbocycles. The van der Waals surface area contributed by atoms with E-state index in [0.29, 0.717) is 11.1 Å². The highest BCUT2D eigenvalue weighted by Gasteiger charge is 2.38. The van der Waals surface area contributed by atoms with Gasteiger partial charge in [-0.05, 0) is 40.8 Å². The van der Waals surface area contributed by atoms with Crippen LogP contribution in [0.4, 0.5) is 0 Å². The Morgan fingerprint density at radius 1 is 0.871 bits per heavy atom. The van der Waals surface area contributed by atoms with Crippen molar-refractivity contribution in [3.8, 4) is 0 Å². The monoisotopic (exact) mass is 544 g/mol. The van der Waals surface area contributed by atoms with E-state index in [0.717, 1.165) is 7.88 Å². The number of allylic oxidation sites excluding steroid dienone is 1. The molecule has 1 aliphatic rings. The SMILES string of the molecule is CN1C(C(=O)c2ccccc2)=C(NC(=O)c2ccccc2I)c2ccccc2S1(=O)=O. The van der Waals surface area contributed by atoms with Crippen molar-refractivity contribution in [2.75, 3.05) is 7.05 Å². The van der Waals surface area contributed by atoms with Crippen molar-refractivity contribution in [3.05, 3.63) is 105 Å². The van der Waals surface area contributed by atoms with Crippen molar-refractivity contribution < 1.29 is 18.0 Å². The second-order valence-electron chi connectivity index (χ2n) is 6.82. The van der Waals surface area contributed by atoms with Gasteiger partial charge in [-0.15, -0.1) is 0 Å². The van der Waals surface area contributed by atoms with Gasteiger partial charge in [0.2, 0.25) is 5.78 Å². The van der Waals surface area contributed by atoms with E-state index in [1.54, 1.807) is 66.7 Å². The summed E-state index contributed by atoms with van der Waals surface area (Å²) in [5.41, 5.74) is 1.07. The second kappa shape index (κ2) is 8.27. The topological polar surface area (TPSA) is 83.6 Å². The summed E-state index contributed by atoms with van der Waals surface area (Å²) in [5, 5.41) is 2.81. The number of nitrogens with zero attached hydrogens (tertiary/aromatic N) is 1. The van der Waals surface area contributed by atoms with E-state index < -0.39 is 21.7 Å². The molecule has 3 aromatic carbocycles. The van der Waals surface area contributed by atoms with Gasteiger partial charge in [-0.3, -0.25) is 13.9 Å². The molecular formula is C23H17IN2O4S. The molecule has 0 spiro atoms. The van der Waals surface area contributed by atoms with Crippen LogP contribution in [0.3, 0.4) is 0 Å². The summed E-state index contributed by atoms with van der Waals surface area (Å²) < 4.78 is 27.9. The molecule has 0 saturated carbocycles. The van der Waals surface area contributed by atoms with Crippen LogP contribution in [0.2, 0.25) is 0 Å². The van der Waals surface area contributed by atoms with Crippen LogP contribution in [-0.2, 0) is 10.0 Å². The van der Waals surface area contributed by atoms with E-state index in [1.165, 1.54) is 13.1 Å². The summed E-state index contributed by atoms with van der Waals surface area (Å²) in [6, 6.07) is 21.7. The lowest BCUT2D eigenvalue weighted by molar-refractivity contribution is 0.0971. The number of ketones is 1. The molecular weight excluding hydrogens is 527 g/mol. The molecule has 156 valence electrons. The third-order valence-electron chi connectivity index (χ3n) is 4.95. The highest BCUT2D eigenvalue weighted by atomic mass is 127. The smallest absolute Gasteiger partial charge is 0.264 e. The Morgan fingerprint density at radius 2 is 1.48 bits per heavy atom. The Morgan fingerprint density at radius 3 is 2.19 bits per heavy atom. The molecule has 1 N–H and O–H groups in total. The van der Waals surface area contributed by atoms with E-state index in [9.17, 15) is 18.0 Å². The average Bonchev–Trinajstić information content (AvgIpc) is 2.78. The van der Waals surface area contributed by atoms with Crippen LogP contribution in [0, 0.1) is 3.57 Å². The van der Waals surface area contributed by atoms with Gasteiger partial charge < -0.3 is 5.32 Å². The van der Waals surface area contributed by atoms with Crippen LogP contribution in [0.5, 0.6) is 0 Å². The number of rotatable bonds is 4. The number of sulfonamides is 1. The molecule has 0 saturated heterocycles. The molecule has 0 aromatic heterocycles. The third kappa shape index (κ3) is 3.77. The Balaban J connectivity index is 1.94. The molecule has 0 radical (unpaired) electrons. The molecule has 8 heteroatoms. The van der Waals surface area contributed by atoms with E-state index in [-0.39, 0.29) is 21.9 Å². The number of halogens is 1. The van der Waals surface area contributed by atoms with Gasteiger partial charge in [-0.2, -0.15) is 0 Å². The van der Waals surface area contributed by atoms with Crippen LogP contribution in [-0.4, -0.2) is 31.5 Å². The number of nitrogens with one attached hydrogen (secondary N) is 1. The van der Waals surface area contributed by atoms with Crippen LogP contribution in [0.25, 0.3) is 5.70 Å². The Bertz CT molecular complexity index is 1330. The number of fused-ring (bicyclic) bond motifs is 1. The zero-order valence-corrected chi connectivity index (χ0v) is 19.3. The number of Topliss-reactive ketones (excluding diaryl/α,β-unsaturated/α-hetero) is 1. The van der Waals surface area contributed by atoms with E-state index in [2.05, 4.69) is 27.9 Å². The van der Waals surface area contributed by atoms with Crippen molar-refractivity contribution in [1.82, 2.24) is 9.62 Å². The van der Waals surface area contributed by atoms with Gasteiger partial charge >= 0.3 is 0 Å². The Hall–Kier alpha value is -2.98. The van der Waals surface area contributed by atoms with Gasteiger partial charge in [0, 0.05) is 21.7 Å². The molecule has 0 bridgehead atoms. The van der Waals surface area contributed by atoms with Crippen molar-refractivity contribution in [1.29, 1.82) is 0 Å². The molecule has 1 aliphatic heterocycles. The van der Waals surface area contributed by atoms with Crippen molar-refractivity contribution in [3.63, 3.8) is 0 Å². The highest BCUT2D eigenvalue weighted by molar-refractivity contribution is 14.1. The van der Waals surface area contributed by atoms with E-state index in [4.69, 9.17) is 0 Å². The van der Waals surface area contributed by atoms with Crippen molar-refractivity contribution in [2.24, 2.45) is 0 Å². The van der Waals surface area contributed by atoms with Crippen LogP contribution in [0.1, 0.15) is 26.3 Å². The Labute approximate surface area is 193 Å². The summed E-state index contributed by atoms with van der Waals surface area (Å²) in [7, 11) is -2.64. The number of hydrogen-bond acceptors (Lipinski definition) is 4. The minimum absolute atomic E-state index is 0.0279. The third-order valence-corrected chi connectivity index (χ3v) is 7.71. The van der Waals surface area contributed by atoms with E-state index in [1.807, 2.05) is 6.07 Å². The number of carbonyl (C=O) groups is 2. The van der Waals surface area contributed by atoms with Gasteiger partial charge in [0.25, 0.3) is 15.9 Å². The maximum Gasteiger partial charge on any atom is 0.264 e. The van der Waals surface area contributed by atoms with Gasteiger partial charge in [0.1, 0.15) is 5.70 Å². The number of benzene rings is 3. The van der Waals surface area contributed by atoms with Gasteiger partial charge in [0.05, 0.1) is 16.2 Å². The van der Waals surface area contributed by atoms with Crippen molar-refractivity contribution in [2.45, 2.75) is 4.90 Å². The van der Waals surface area contributed by atoms with Crippen molar-refractivity contribution >= 4 is 50.0 Å². The fourth-order valence-electron chi connectivity index (χ4n) is 3.39. The quantitative estimate of drug-likeness (QED) is 0.399. The maximum absolute atomic E-state index is 13.4. The summed E-state index contributed by atoms with van der Waals surface area (Å²) in [4.78, 5) is 26.5. The predicted molar refractivity (Wildman–Crippen MR) is 126 cm³/mol. The first kappa shape index (κ1) is 21.3. The van der Waals surface area contributed by atoms with Gasteiger partial charge in [-0.1, -0.05) is 60.7 Å². The second-order valence-corrected chi connectivity index (χ2v) is 9.92. The molecule has 6 nitrogen and oxygen atoms in total. The lowest BCUT2D eigenvalue weighted by Crippen LogP contribution is -2.39. The molecule has 0 atom stereocenters. The first-order chi connectivity index (χ1) is 14.8. The first-order valence-electron chi connectivity index (χ1n) is 9.30. The molecule has 4 rings (SSSR count). The molecule has 1 heterocycles. The molecule has 0 unspecified atom stereocenters. The van der Waals surface area contributed by atoms with Crippen LogP contribution in [0.15, 0.2) is 89.5 Å². The molecule has 1 amide bonds. The standard InChI is InChI=1S/C23H17IN2O4S/c1-26-21(22(27)15-9-3-2-4-10-15)20(17-12-6-8-14-19(17)31(26,29)30)25-23(28)16-11-5-7-13-18(16)24/h2-14H,1H3,(H,25,28). The van der Waals surface area contributed by atoms with Gasteiger partial charge in [0.15, 0.2) is 0 Å². The first-order valence-corrected chi connectivity index (χ1v) is 11.8. The van der Waals surface area contributed by atoms with Gasteiger partial charge in [-0.25, -0.2) is 8.42 Å². The zero-order valence-electron chi connectivity index (χ0n) is 16.4. The van der Waals surface area contributed by atoms with E-state index >= 15 is 0 Å². The fourth-order valence-corrected chi connectivity index (χ4v) is 5.43. The number of likely N-dealkylation sites (N-methyl/N-ethyl adjacent to an activating group) is 1. The maximum atomic E-state index is 13.4. The predicted octanol–water partition coefficient (Wildman–Crippen LogP) is 3.91. The molecule has 0 fully saturated rings. The normalized spacial score (nSPS) is 14.7. The molecule has 31 heavy (non-hydrogen) atoms. The van der Waals surface area contributed by atoms with Crippen LogP contribution < -0.4 is 5.32 Å². The summed E-state index contributed by atoms with van der Waals surface area (Å²) >= 11 is 2.06. The summed E-state index contributed by atoms with van der Waals surface area (Å²) in [5.74, 6) is -0.930. The Kier molecular flexibility index (Phi) is 5.67. The molecule has 3 aromatic rings. The number of hydrogen-bond donors (Lipinski definition) is 1. The summed E-state index contributed by atoms with van der Waals surface area (Å²) in [6.07, 6.45) is 0.